The summed E-state index contributed by atoms with van der Waals surface area (Å²) >= 11 is 3.54. The molecule has 0 bridgehead atoms. The van der Waals surface area contributed by atoms with Gasteiger partial charge in [0.15, 0.2) is 11.5 Å². The van der Waals surface area contributed by atoms with Gasteiger partial charge in [0, 0.05) is 0 Å². The van der Waals surface area contributed by atoms with Gasteiger partial charge in [0.25, 0.3) is 5.91 Å². The summed E-state index contributed by atoms with van der Waals surface area (Å²) < 4.78 is 17.6. The number of hydrazone groups is 1. The van der Waals surface area contributed by atoms with Gasteiger partial charge in [0.1, 0.15) is 18.4 Å². The maximum absolute atomic E-state index is 12.4. The minimum Gasteiger partial charge on any atom is -0.497 e. The molecule has 2 N–H and O–H groups in total. The quantitative estimate of drug-likeness (QED) is 0.245. The fourth-order valence-corrected chi connectivity index (χ4v) is 3.92. The third-order valence-electron chi connectivity index (χ3n) is 5.24. The molecule has 1 atom stereocenters. The van der Waals surface area contributed by atoms with Crippen LogP contribution in [-0.4, -0.2) is 37.8 Å². The van der Waals surface area contributed by atoms with Crippen LogP contribution in [0.4, 0.5) is 0 Å². The number of hydrogen-bond acceptors (Lipinski definition) is 6. The van der Waals surface area contributed by atoms with Crippen LogP contribution in [0.1, 0.15) is 30.5 Å². The van der Waals surface area contributed by atoms with Crippen molar-refractivity contribution < 1.29 is 23.8 Å². The van der Waals surface area contributed by atoms with Crippen molar-refractivity contribution in [3.8, 4) is 17.2 Å². The zero-order chi connectivity index (χ0) is 26.6. The lowest BCUT2D eigenvalue weighted by atomic mass is 10.1. The number of amides is 2. The molecule has 3 rings (SSSR count). The van der Waals surface area contributed by atoms with Crippen molar-refractivity contribution >= 4 is 34.0 Å². The summed E-state index contributed by atoms with van der Waals surface area (Å²) in [5.74, 6) is 1.14. The lowest BCUT2D eigenvalue weighted by molar-refractivity contribution is -0.128. The van der Waals surface area contributed by atoms with Crippen LogP contribution in [0.2, 0.25) is 0 Å². The molecule has 0 heterocycles. The first-order chi connectivity index (χ1) is 17.9. The van der Waals surface area contributed by atoms with Crippen LogP contribution < -0.4 is 25.0 Å². The lowest BCUT2D eigenvalue weighted by Crippen LogP contribution is -2.43. The van der Waals surface area contributed by atoms with Gasteiger partial charge >= 0.3 is 0 Å². The van der Waals surface area contributed by atoms with Crippen LogP contribution in [0.25, 0.3) is 0 Å². The van der Waals surface area contributed by atoms with Crippen molar-refractivity contribution in [2.24, 2.45) is 5.10 Å². The topological polar surface area (TPSA) is 98.2 Å². The number of halogens is 1. The SMILES string of the molecule is CCOc1cc(C=NNC(=O)C(C)NC(=O)Cc2ccc(OC)cc2)cc(Br)c1OCc1ccccc1. The highest BCUT2D eigenvalue weighted by Gasteiger charge is 2.16. The molecule has 0 spiro atoms. The van der Waals surface area contributed by atoms with Gasteiger partial charge < -0.3 is 19.5 Å². The van der Waals surface area contributed by atoms with Gasteiger partial charge in [-0.3, -0.25) is 9.59 Å². The number of methoxy groups -OCH3 is 1. The molecule has 1 unspecified atom stereocenters. The minimum atomic E-state index is -0.762. The number of carbonyl (C=O) groups excluding carboxylic acids is 2. The van der Waals surface area contributed by atoms with Gasteiger partial charge in [-0.1, -0.05) is 42.5 Å². The minimum absolute atomic E-state index is 0.151. The van der Waals surface area contributed by atoms with E-state index in [2.05, 4.69) is 31.8 Å². The van der Waals surface area contributed by atoms with E-state index >= 15 is 0 Å². The second kappa shape index (κ2) is 14.0. The van der Waals surface area contributed by atoms with Crippen molar-refractivity contribution in [3.63, 3.8) is 0 Å². The van der Waals surface area contributed by atoms with E-state index < -0.39 is 11.9 Å². The van der Waals surface area contributed by atoms with E-state index in [0.717, 1.165) is 11.1 Å². The first-order valence-electron chi connectivity index (χ1n) is 11.8. The van der Waals surface area contributed by atoms with Gasteiger partial charge in [-0.2, -0.15) is 5.10 Å². The number of nitrogens with zero attached hydrogens (tertiary/aromatic N) is 1. The van der Waals surface area contributed by atoms with E-state index in [1.54, 1.807) is 44.4 Å². The standard InChI is InChI=1S/C28H30BrN3O5/c1-4-36-25-15-22(14-24(29)27(25)37-18-21-8-6-5-7-9-21)17-30-32-28(34)19(2)31-26(33)16-20-10-12-23(35-3)13-11-20/h5-15,17,19H,4,16,18H2,1-3H3,(H,31,33)(H,32,34). The number of nitrogens with one attached hydrogen (secondary N) is 2. The van der Waals surface area contributed by atoms with E-state index in [1.165, 1.54) is 6.21 Å². The Labute approximate surface area is 225 Å². The average Bonchev–Trinajstić information content (AvgIpc) is 2.89. The van der Waals surface area contributed by atoms with E-state index in [4.69, 9.17) is 14.2 Å². The monoisotopic (exact) mass is 567 g/mol. The third kappa shape index (κ3) is 8.64. The fourth-order valence-electron chi connectivity index (χ4n) is 3.35. The first kappa shape index (κ1) is 27.7. The van der Waals surface area contributed by atoms with Crippen LogP contribution in [0, 0.1) is 0 Å². The molecule has 0 radical (unpaired) electrons. The maximum atomic E-state index is 12.4. The Hall–Kier alpha value is -3.85. The molecule has 0 aliphatic carbocycles. The highest BCUT2D eigenvalue weighted by molar-refractivity contribution is 9.10. The van der Waals surface area contributed by atoms with Crippen LogP contribution in [0.3, 0.4) is 0 Å². The molecule has 9 heteroatoms. The normalized spacial score (nSPS) is 11.6. The molecule has 0 fully saturated rings. The Bertz CT molecular complexity index is 1220. The summed E-state index contributed by atoms with van der Waals surface area (Å²) in [6.07, 6.45) is 1.65. The summed E-state index contributed by atoms with van der Waals surface area (Å²) in [5.41, 5.74) is 5.01. The zero-order valence-corrected chi connectivity index (χ0v) is 22.6. The van der Waals surface area contributed by atoms with Crippen LogP contribution in [-0.2, 0) is 22.6 Å². The van der Waals surface area contributed by atoms with Crippen molar-refractivity contribution in [1.82, 2.24) is 10.7 Å². The molecule has 0 saturated carbocycles. The summed E-state index contributed by atoms with van der Waals surface area (Å²) in [7, 11) is 1.58. The summed E-state index contributed by atoms with van der Waals surface area (Å²) in [6.45, 7) is 4.34. The molecule has 194 valence electrons. The van der Waals surface area contributed by atoms with E-state index in [0.29, 0.717) is 40.5 Å². The summed E-state index contributed by atoms with van der Waals surface area (Å²) in [4.78, 5) is 24.7. The summed E-state index contributed by atoms with van der Waals surface area (Å²) in [5, 5.41) is 6.71. The lowest BCUT2D eigenvalue weighted by Gasteiger charge is -2.15. The maximum Gasteiger partial charge on any atom is 0.262 e. The van der Waals surface area contributed by atoms with E-state index in [-0.39, 0.29) is 12.3 Å². The van der Waals surface area contributed by atoms with Crippen molar-refractivity contribution in [3.05, 3.63) is 87.9 Å². The molecular formula is C28H30BrN3O5. The third-order valence-corrected chi connectivity index (χ3v) is 5.83. The van der Waals surface area contributed by atoms with Crippen molar-refractivity contribution in [2.75, 3.05) is 13.7 Å². The Morgan fingerprint density at radius 1 is 1.03 bits per heavy atom. The Kier molecular flexibility index (Phi) is 10.5. The van der Waals surface area contributed by atoms with E-state index in [9.17, 15) is 9.59 Å². The molecule has 8 nitrogen and oxygen atoms in total. The van der Waals surface area contributed by atoms with Gasteiger partial charge in [0.2, 0.25) is 5.91 Å². The Morgan fingerprint density at radius 3 is 2.43 bits per heavy atom. The zero-order valence-electron chi connectivity index (χ0n) is 21.0. The van der Waals surface area contributed by atoms with Gasteiger partial charge in [-0.15, -0.1) is 0 Å². The fraction of sp³-hybridized carbons (Fsp3) is 0.250. The molecule has 3 aromatic carbocycles. The second-order valence-corrected chi connectivity index (χ2v) is 8.94. The number of rotatable bonds is 12. The molecule has 3 aromatic rings. The first-order valence-corrected chi connectivity index (χ1v) is 12.6. The Morgan fingerprint density at radius 2 is 1.76 bits per heavy atom. The van der Waals surface area contributed by atoms with Crippen LogP contribution >= 0.6 is 15.9 Å². The van der Waals surface area contributed by atoms with Gasteiger partial charge in [0.05, 0.1) is 30.8 Å². The van der Waals surface area contributed by atoms with E-state index in [1.807, 2.05) is 43.3 Å². The predicted octanol–water partition coefficient (Wildman–Crippen LogP) is 4.63. The van der Waals surface area contributed by atoms with Crippen molar-refractivity contribution in [1.29, 1.82) is 0 Å². The molecule has 0 aromatic heterocycles. The number of benzene rings is 3. The van der Waals surface area contributed by atoms with Gasteiger partial charge in [-0.05, 0) is 70.7 Å². The second-order valence-electron chi connectivity index (χ2n) is 8.09. The molecule has 2 amide bonds. The number of ether oxygens (including phenoxy) is 3. The van der Waals surface area contributed by atoms with Crippen LogP contribution in [0.15, 0.2) is 76.3 Å². The molecule has 37 heavy (non-hydrogen) atoms. The highest BCUT2D eigenvalue weighted by Crippen LogP contribution is 2.37. The Balaban J connectivity index is 1.56. The smallest absolute Gasteiger partial charge is 0.262 e. The number of carbonyl (C=O) groups is 2. The van der Waals surface area contributed by atoms with Gasteiger partial charge in [-0.25, -0.2) is 5.43 Å². The molecule has 0 aliphatic rings. The van der Waals surface area contributed by atoms with Crippen molar-refractivity contribution in [2.45, 2.75) is 32.9 Å². The summed E-state index contributed by atoms with van der Waals surface area (Å²) in [6, 6.07) is 19.9. The molecule has 0 saturated heterocycles. The highest BCUT2D eigenvalue weighted by atomic mass is 79.9. The van der Waals surface area contributed by atoms with Crippen LogP contribution in [0.5, 0.6) is 17.2 Å². The largest absolute Gasteiger partial charge is 0.497 e. The average molecular weight is 568 g/mol. The predicted molar refractivity (Wildman–Crippen MR) is 146 cm³/mol. The number of hydrogen-bond donors (Lipinski definition) is 2. The molecule has 0 aliphatic heterocycles. The molecular weight excluding hydrogens is 538 g/mol.